The molecule has 0 saturated heterocycles. The summed E-state index contributed by atoms with van der Waals surface area (Å²) in [6.07, 6.45) is -1.04. The number of benzene rings is 2. The molecule has 2 aromatic rings. The van der Waals surface area contributed by atoms with Gasteiger partial charge >= 0.3 is 5.97 Å². The molecule has 2 amide bonds. The highest BCUT2D eigenvalue weighted by molar-refractivity contribution is 5.96. The van der Waals surface area contributed by atoms with E-state index in [0.29, 0.717) is 11.1 Å². The molecule has 0 heterocycles. The van der Waals surface area contributed by atoms with Gasteiger partial charge < -0.3 is 15.0 Å². The molecule has 0 aliphatic carbocycles. The summed E-state index contributed by atoms with van der Waals surface area (Å²) >= 11 is 0. The van der Waals surface area contributed by atoms with Gasteiger partial charge in [-0.05, 0) is 43.7 Å². The Hall–Kier alpha value is -3.22. The van der Waals surface area contributed by atoms with Crippen LogP contribution in [0.3, 0.4) is 0 Å². The van der Waals surface area contributed by atoms with Crippen LogP contribution in [0.2, 0.25) is 0 Å². The summed E-state index contributed by atoms with van der Waals surface area (Å²) in [4.78, 5) is 38.0. The summed E-state index contributed by atoms with van der Waals surface area (Å²) in [5, 5.41) is 2.54. The van der Waals surface area contributed by atoms with E-state index < -0.39 is 29.9 Å². The quantitative estimate of drug-likeness (QED) is 0.742. The van der Waals surface area contributed by atoms with Gasteiger partial charge in [-0.1, -0.05) is 30.3 Å². The molecule has 0 spiro atoms. The number of amides is 2. The first-order valence-corrected chi connectivity index (χ1v) is 8.83. The maximum Gasteiger partial charge on any atom is 0.329 e. The first-order valence-electron chi connectivity index (χ1n) is 8.83. The van der Waals surface area contributed by atoms with Crippen LogP contribution in [0.1, 0.15) is 29.8 Å². The van der Waals surface area contributed by atoms with Crippen LogP contribution in [0.15, 0.2) is 54.6 Å². The van der Waals surface area contributed by atoms with E-state index >= 15 is 0 Å². The molecule has 2 aromatic carbocycles. The predicted molar refractivity (Wildman–Crippen MR) is 102 cm³/mol. The highest BCUT2D eigenvalue weighted by atomic mass is 19.1. The zero-order valence-corrected chi connectivity index (χ0v) is 16.0. The standard InChI is InChI=1S/C21H23FN2O4/c1-14(23-19(25)17-9-5-4-6-10-17)21(27)28-15(2)20(26)24(3)13-16-8-7-11-18(22)12-16/h4-12,14-15H,13H2,1-3H3,(H,23,25)/t14-,15?/m0/s1. The van der Waals surface area contributed by atoms with Crippen LogP contribution in [0.4, 0.5) is 4.39 Å². The SMILES string of the molecule is CC(OC(=O)[C@H](C)NC(=O)c1ccccc1)C(=O)N(C)Cc1cccc(F)c1. The van der Waals surface area contributed by atoms with Crippen LogP contribution in [0, 0.1) is 5.82 Å². The molecule has 0 aromatic heterocycles. The van der Waals surface area contributed by atoms with Crippen LogP contribution in [-0.4, -0.2) is 41.9 Å². The predicted octanol–water partition coefficient (Wildman–Crippen LogP) is 2.53. The van der Waals surface area contributed by atoms with Crippen LogP contribution in [0.25, 0.3) is 0 Å². The first-order chi connectivity index (χ1) is 13.3. The van der Waals surface area contributed by atoms with Gasteiger partial charge in [-0.25, -0.2) is 9.18 Å². The topological polar surface area (TPSA) is 75.7 Å². The van der Waals surface area contributed by atoms with Crippen molar-refractivity contribution in [2.75, 3.05) is 7.05 Å². The smallest absolute Gasteiger partial charge is 0.329 e. The fourth-order valence-electron chi connectivity index (χ4n) is 2.55. The lowest BCUT2D eigenvalue weighted by molar-refractivity contribution is -0.159. The maximum atomic E-state index is 13.3. The highest BCUT2D eigenvalue weighted by Gasteiger charge is 2.25. The molecule has 6 nitrogen and oxygen atoms in total. The Bertz CT molecular complexity index is 841. The largest absolute Gasteiger partial charge is 0.451 e. The van der Waals surface area contributed by atoms with Gasteiger partial charge in [0.05, 0.1) is 0 Å². The molecule has 0 bridgehead atoms. The molecule has 2 atom stereocenters. The lowest BCUT2D eigenvalue weighted by atomic mass is 10.2. The van der Waals surface area contributed by atoms with E-state index in [1.807, 2.05) is 0 Å². The number of ether oxygens (including phenoxy) is 1. The third kappa shape index (κ3) is 5.90. The van der Waals surface area contributed by atoms with Gasteiger partial charge in [0.1, 0.15) is 11.9 Å². The number of likely N-dealkylation sites (N-methyl/N-ethyl adjacent to an activating group) is 1. The second kappa shape index (κ2) is 9.64. The Kier molecular flexibility index (Phi) is 7.26. The summed E-state index contributed by atoms with van der Waals surface area (Å²) in [6, 6.07) is 13.5. The summed E-state index contributed by atoms with van der Waals surface area (Å²) in [6.45, 7) is 3.11. The average Bonchev–Trinajstić information content (AvgIpc) is 2.67. The number of esters is 1. The van der Waals surface area contributed by atoms with Crippen LogP contribution < -0.4 is 5.32 Å². The number of rotatable bonds is 7. The van der Waals surface area contributed by atoms with Gasteiger partial charge in [-0.15, -0.1) is 0 Å². The van der Waals surface area contributed by atoms with Gasteiger partial charge in [-0.2, -0.15) is 0 Å². The number of halogens is 1. The summed E-state index contributed by atoms with van der Waals surface area (Å²) < 4.78 is 18.4. The van der Waals surface area contributed by atoms with Crippen molar-refractivity contribution < 1.29 is 23.5 Å². The minimum Gasteiger partial charge on any atom is -0.451 e. The molecule has 28 heavy (non-hydrogen) atoms. The molecule has 1 unspecified atom stereocenters. The van der Waals surface area contributed by atoms with E-state index in [1.165, 1.54) is 37.9 Å². The lowest BCUT2D eigenvalue weighted by Gasteiger charge is -2.23. The van der Waals surface area contributed by atoms with E-state index in [9.17, 15) is 18.8 Å². The minimum absolute atomic E-state index is 0.179. The molecule has 0 aliphatic rings. The van der Waals surface area contributed by atoms with Crippen molar-refractivity contribution in [3.63, 3.8) is 0 Å². The Balaban J connectivity index is 1.87. The molecule has 2 rings (SSSR count). The monoisotopic (exact) mass is 386 g/mol. The summed E-state index contributed by atoms with van der Waals surface area (Å²) in [5.41, 5.74) is 1.04. The Morgan fingerprint density at radius 1 is 1.07 bits per heavy atom. The molecule has 7 heteroatoms. The minimum atomic E-state index is -1.04. The number of carbonyl (C=O) groups is 3. The van der Waals surface area contributed by atoms with Gasteiger partial charge in [0.15, 0.2) is 6.10 Å². The fraction of sp³-hybridized carbons (Fsp3) is 0.286. The van der Waals surface area contributed by atoms with Gasteiger partial charge in [-0.3, -0.25) is 9.59 Å². The molecule has 0 saturated carbocycles. The van der Waals surface area contributed by atoms with E-state index in [1.54, 1.807) is 42.5 Å². The van der Waals surface area contributed by atoms with Crippen molar-refractivity contribution in [3.8, 4) is 0 Å². The molecule has 0 fully saturated rings. The third-order valence-electron chi connectivity index (χ3n) is 4.06. The number of carbonyl (C=O) groups excluding carboxylic acids is 3. The number of nitrogens with zero attached hydrogens (tertiary/aromatic N) is 1. The molecule has 0 radical (unpaired) electrons. The molecule has 1 N–H and O–H groups in total. The molecule has 148 valence electrons. The van der Waals surface area contributed by atoms with Gasteiger partial charge in [0, 0.05) is 19.2 Å². The Labute approximate surface area is 163 Å². The van der Waals surface area contributed by atoms with E-state index in [-0.39, 0.29) is 12.4 Å². The van der Waals surface area contributed by atoms with Crippen molar-refractivity contribution in [3.05, 3.63) is 71.5 Å². The van der Waals surface area contributed by atoms with Crippen molar-refractivity contribution in [1.29, 1.82) is 0 Å². The normalized spacial score (nSPS) is 12.6. The summed E-state index contributed by atoms with van der Waals surface area (Å²) in [7, 11) is 1.54. The van der Waals surface area contributed by atoms with Crippen molar-refractivity contribution in [2.24, 2.45) is 0 Å². The summed E-state index contributed by atoms with van der Waals surface area (Å²) in [5.74, 6) is -1.95. The van der Waals surface area contributed by atoms with Gasteiger partial charge in [0.25, 0.3) is 11.8 Å². The molecular formula is C21H23FN2O4. The Morgan fingerprint density at radius 2 is 1.75 bits per heavy atom. The zero-order valence-electron chi connectivity index (χ0n) is 16.0. The van der Waals surface area contributed by atoms with E-state index in [0.717, 1.165) is 0 Å². The number of hydrogen-bond acceptors (Lipinski definition) is 4. The highest BCUT2D eigenvalue weighted by Crippen LogP contribution is 2.09. The third-order valence-corrected chi connectivity index (χ3v) is 4.06. The van der Waals surface area contributed by atoms with Crippen molar-refractivity contribution >= 4 is 17.8 Å². The van der Waals surface area contributed by atoms with Gasteiger partial charge in [0.2, 0.25) is 0 Å². The first kappa shape index (κ1) is 21.1. The Morgan fingerprint density at radius 3 is 2.39 bits per heavy atom. The van der Waals surface area contributed by atoms with E-state index in [4.69, 9.17) is 4.74 Å². The van der Waals surface area contributed by atoms with E-state index in [2.05, 4.69) is 5.32 Å². The average molecular weight is 386 g/mol. The molecule has 0 aliphatic heterocycles. The second-order valence-corrected chi connectivity index (χ2v) is 6.46. The number of hydrogen-bond donors (Lipinski definition) is 1. The molecular weight excluding hydrogens is 363 g/mol. The number of nitrogens with one attached hydrogen (secondary N) is 1. The zero-order chi connectivity index (χ0) is 20.7. The maximum absolute atomic E-state index is 13.3. The lowest BCUT2D eigenvalue weighted by Crippen LogP contribution is -2.43. The van der Waals surface area contributed by atoms with Crippen LogP contribution in [0.5, 0.6) is 0 Å². The van der Waals surface area contributed by atoms with Crippen LogP contribution >= 0.6 is 0 Å². The second-order valence-electron chi connectivity index (χ2n) is 6.46. The van der Waals surface area contributed by atoms with Crippen molar-refractivity contribution in [1.82, 2.24) is 10.2 Å². The van der Waals surface area contributed by atoms with Crippen molar-refractivity contribution in [2.45, 2.75) is 32.5 Å². The fourth-order valence-corrected chi connectivity index (χ4v) is 2.55. The van der Waals surface area contributed by atoms with Crippen LogP contribution in [-0.2, 0) is 20.9 Å².